The minimum absolute atomic E-state index is 0.256. The van der Waals surface area contributed by atoms with E-state index in [2.05, 4.69) is 4.74 Å². The van der Waals surface area contributed by atoms with Crippen molar-refractivity contribution in [2.75, 3.05) is 6.61 Å². The largest absolute Gasteiger partial charge is 0.461 e. The van der Waals surface area contributed by atoms with Gasteiger partial charge in [-0.25, -0.2) is 4.79 Å². The highest BCUT2D eigenvalue weighted by molar-refractivity contribution is 5.74. The summed E-state index contributed by atoms with van der Waals surface area (Å²) in [5.74, 6) is -0.780. The monoisotopic (exact) mass is 148 g/mol. The fourth-order valence-corrected chi connectivity index (χ4v) is 0.385. The Labute approximate surface area is 59.4 Å². The van der Waals surface area contributed by atoms with Crippen molar-refractivity contribution in [2.45, 2.75) is 26.1 Å². The minimum atomic E-state index is -1.40. The van der Waals surface area contributed by atoms with Gasteiger partial charge in [0.05, 0.1) is 12.7 Å². The van der Waals surface area contributed by atoms with E-state index in [0.717, 1.165) is 0 Å². The van der Waals surface area contributed by atoms with Gasteiger partial charge in [-0.15, -0.1) is 0 Å². The molecule has 10 heavy (non-hydrogen) atoms. The summed E-state index contributed by atoms with van der Waals surface area (Å²) < 4.78 is 4.55. The van der Waals surface area contributed by atoms with Crippen LogP contribution < -0.4 is 0 Å². The Morgan fingerprint density at radius 1 is 1.60 bits per heavy atom. The molecule has 0 rings (SSSR count). The van der Waals surface area contributed by atoms with Gasteiger partial charge in [-0.1, -0.05) is 0 Å². The Morgan fingerprint density at radius 3 is 2.40 bits per heavy atom. The minimum Gasteiger partial charge on any atom is -0.461 e. The second-order valence-electron chi connectivity index (χ2n) is 2.18. The molecule has 0 aliphatic rings. The van der Waals surface area contributed by atoms with Crippen LogP contribution in [0.15, 0.2) is 0 Å². The number of aliphatic hydroxyl groups excluding tert-OH is 2. The molecule has 0 aromatic heterocycles. The van der Waals surface area contributed by atoms with Crippen molar-refractivity contribution in [1.82, 2.24) is 0 Å². The molecule has 0 saturated carbocycles. The van der Waals surface area contributed by atoms with Crippen molar-refractivity contribution in [1.29, 1.82) is 0 Å². The van der Waals surface area contributed by atoms with E-state index in [4.69, 9.17) is 10.2 Å². The third-order valence-electron chi connectivity index (χ3n) is 0.797. The van der Waals surface area contributed by atoms with E-state index in [1.807, 2.05) is 0 Å². The predicted molar refractivity (Wildman–Crippen MR) is 34.3 cm³/mol. The van der Waals surface area contributed by atoms with Crippen LogP contribution in [0.1, 0.15) is 13.8 Å². The van der Waals surface area contributed by atoms with Crippen LogP contribution in [0.2, 0.25) is 0 Å². The van der Waals surface area contributed by atoms with Gasteiger partial charge in [0.2, 0.25) is 0 Å². The van der Waals surface area contributed by atoms with Gasteiger partial charge in [0.25, 0.3) is 0 Å². The van der Waals surface area contributed by atoms with E-state index in [1.165, 1.54) is 0 Å². The van der Waals surface area contributed by atoms with Crippen LogP contribution in [0.4, 0.5) is 0 Å². The fraction of sp³-hybridized carbons (Fsp3) is 0.833. The average Bonchev–Trinajstić information content (AvgIpc) is 1.85. The summed E-state index contributed by atoms with van der Waals surface area (Å²) in [6.45, 7) is 2.75. The lowest BCUT2D eigenvalue weighted by molar-refractivity contribution is -0.159. The summed E-state index contributed by atoms with van der Waals surface area (Å²) in [5.41, 5.74) is 0. The Bertz CT molecular complexity index is 110. The van der Waals surface area contributed by atoms with Gasteiger partial charge in [0.1, 0.15) is 0 Å². The number of rotatable bonds is 3. The second kappa shape index (κ2) is 4.24. The summed E-state index contributed by atoms with van der Waals surface area (Å²) in [6, 6.07) is 0. The van der Waals surface area contributed by atoms with Crippen molar-refractivity contribution < 1.29 is 19.7 Å². The predicted octanol–water partition coefficient (Wildman–Crippen LogP) is -0.709. The number of hydrogen-bond donors (Lipinski definition) is 2. The lowest BCUT2D eigenvalue weighted by Crippen LogP contribution is -2.28. The highest BCUT2D eigenvalue weighted by Crippen LogP contribution is 1.92. The molecule has 2 N–H and O–H groups in total. The Kier molecular flexibility index (Phi) is 3.99. The van der Waals surface area contributed by atoms with Crippen LogP contribution in [0.3, 0.4) is 0 Å². The fourth-order valence-electron chi connectivity index (χ4n) is 0.385. The summed E-state index contributed by atoms with van der Waals surface area (Å²) in [5, 5.41) is 16.9. The number of esters is 1. The zero-order valence-electron chi connectivity index (χ0n) is 6.07. The van der Waals surface area contributed by atoms with Gasteiger partial charge in [0, 0.05) is 0 Å². The highest BCUT2D eigenvalue weighted by Gasteiger charge is 2.15. The van der Waals surface area contributed by atoms with Gasteiger partial charge < -0.3 is 14.9 Å². The molecule has 0 unspecified atom stereocenters. The van der Waals surface area contributed by atoms with Crippen molar-refractivity contribution in [3.05, 3.63) is 0 Å². The first-order chi connectivity index (χ1) is 4.57. The summed E-state index contributed by atoms with van der Waals surface area (Å²) in [4.78, 5) is 10.6. The van der Waals surface area contributed by atoms with Crippen LogP contribution in [0.5, 0.6) is 0 Å². The first kappa shape index (κ1) is 9.39. The van der Waals surface area contributed by atoms with Crippen molar-refractivity contribution in [3.8, 4) is 0 Å². The van der Waals surface area contributed by atoms with E-state index in [1.54, 1.807) is 13.8 Å². The number of carbonyl (C=O) groups excluding carboxylic acids is 1. The topological polar surface area (TPSA) is 66.8 Å². The maximum absolute atomic E-state index is 10.6. The van der Waals surface area contributed by atoms with Crippen LogP contribution in [-0.2, 0) is 9.53 Å². The van der Waals surface area contributed by atoms with Crippen LogP contribution in [0, 0.1) is 0 Å². The Morgan fingerprint density at radius 2 is 2.10 bits per heavy atom. The zero-order chi connectivity index (χ0) is 8.15. The van der Waals surface area contributed by atoms with E-state index in [-0.39, 0.29) is 6.10 Å². The molecule has 0 fully saturated rings. The molecule has 0 heterocycles. The molecule has 0 aliphatic heterocycles. The Balaban J connectivity index is 3.62. The lowest BCUT2D eigenvalue weighted by atomic mass is 10.4. The molecule has 0 saturated heterocycles. The summed E-state index contributed by atoms with van der Waals surface area (Å²) in [6.07, 6.45) is -1.66. The van der Waals surface area contributed by atoms with Crippen molar-refractivity contribution in [2.24, 2.45) is 0 Å². The first-order valence-electron chi connectivity index (χ1n) is 3.07. The van der Waals surface area contributed by atoms with Crippen molar-refractivity contribution >= 4 is 5.97 Å². The first-order valence-corrected chi connectivity index (χ1v) is 3.07. The van der Waals surface area contributed by atoms with E-state index >= 15 is 0 Å². The molecule has 0 aliphatic carbocycles. The normalized spacial score (nSPS) is 13.3. The van der Waals surface area contributed by atoms with Gasteiger partial charge >= 0.3 is 5.97 Å². The molecule has 0 spiro atoms. The quantitative estimate of drug-likeness (QED) is 0.519. The number of carbonyl (C=O) groups is 1. The van der Waals surface area contributed by atoms with Gasteiger partial charge in [-0.3, -0.25) is 0 Å². The third-order valence-corrected chi connectivity index (χ3v) is 0.797. The number of hydrogen-bond acceptors (Lipinski definition) is 4. The maximum Gasteiger partial charge on any atom is 0.337 e. The molecule has 0 amide bonds. The molecule has 60 valence electrons. The standard InChI is InChI=1S/C6H12O4/c1-4(2)10-6(9)5(8)3-7/h4-5,7-8H,3H2,1-2H3/t5-/m0/s1. The van der Waals surface area contributed by atoms with Gasteiger partial charge in [-0.2, -0.15) is 0 Å². The molecule has 0 aromatic carbocycles. The average molecular weight is 148 g/mol. The summed E-state index contributed by atoms with van der Waals surface area (Å²) in [7, 11) is 0. The van der Waals surface area contributed by atoms with Gasteiger partial charge in [-0.05, 0) is 13.8 Å². The molecule has 4 heteroatoms. The van der Waals surface area contributed by atoms with Crippen LogP contribution in [-0.4, -0.2) is 35.0 Å². The van der Waals surface area contributed by atoms with Crippen molar-refractivity contribution in [3.63, 3.8) is 0 Å². The van der Waals surface area contributed by atoms with Gasteiger partial charge in [0.15, 0.2) is 6.10 Å². The van der Waals surface area contributed by atoms with Crippen LogP contribution >= 0.6 is 0 Å². The molecule has 0 bridgehead atoms. The zero-order valence-corrected chi connectivity index (χ0v) is 6.07. The lowest BCUT2D eigenvalue weighted by Gasteiger charge is -2.10. The van der Waals surface area contributed by atoms with E-state index < -0.39 is 18.7 Å². The third kappa shape index (κ3) is 3.42. The Hall–Kier alpha value is -0.610. The SMILES string of the molecule is CC(C)OC(=O)[C@@H](O)CO. The molecule has 0 radical (unpaired) electrons. The molecule has 1 atom stereocenters. The summed E-state index contributed by atoms with van der Waals surface area (Å²) >= 11 is 0. The van der Waals surface area contributed by atoms with Crippen LogP contribution in [0.25, 0.3) is 0 Å². The molecular formula is C6H12O4. The number of aliphatic hydroxyl groups is 2. The molecule has 4 nitrogen and oxygen atoms in total. The molecular weight excluding hydrogens is 136 g/mol. The van der Waals surface area contributed by atoms with E-state index in [0.29, 0.717) is 0 Å². The highest BCUT2D eigenvalue weighted by atomic mass is 16.6. The second-order valence-corrected chi connectivity index (χ2v) is 2.18. The van der Waals surface area contributed by atoms with E-state index in [9.17, 15) is 4.79 Å². The number of ether oxygens (including phenoxy) is 1. The smallest absolute Gasteiger partial charge is 0.337 e. The molecule has 0 aromatic rings. The maximum atomic E-state index is 10.6.